The van der Waals surface area contributed by atoms with Crippen molar-refractivity contribution in [3.63, 3.8) is 0 Å². The van der Waals surface area contributed by atoms with Gasteiger partial charge in [0.25, 0.3) is 0 Å². The highest BCUT2D eigenvalue weighted by Crippen LogP contribution is 2.42. The zero-order chi connectivity index (χ0) is 15.0. The van der Waals surface area contributed by atoms with Crippen LogP contribution in [0.15, 0.2) is 15.9 Å². The Labute approximate surface area is 141 Å². The summed E-state index contributed by atoms with van der Waals surface area (Å²) in [6.45, 7) is 10.6. The van der Waals surface area contributed by atoms with Crippen molar-refractivity contribution in [2.24, 2.45) is 11.8 Å². The summed E-state index contributed by atoms with van der Waals surface area (Å²) < 4.78 is 1.25. The molecule has 1 aliphatic carbocycles. The van der Waals surface area contributed by atoms with E-state index in [0.717, 1.165) is 24.9 Å². The Morgan fingerprint density at radius 1 is 1.48 bits per heavy atom. The molecule has 0 bridgehead atoms. The number of thiophene rings is 1. The van der Waals surface area contributed by atoms with Gasteiger partial charge in [0.15, 0.2) is 0 Å². The molecule has 0 spiro atoms. The monoisotopic (exact) mass is 370 g/mol. The summed E-state index contributed by atoms with van der Waals surface area (Å²) in [5.74, 6) is 1.65. The molecule has 1 N–H and O–H groups in total. The molecule has 3 atom stereocenters. The van der Waals surface area contributed by atoms with Gasteiger partial charge in [0.1, 0.15) is 0 Å². The fourth-order valence-electron chi connectivity index (χ4n) is 3.70. The molecule has 3 unspecified atom stereocenters. The average Bonchev–Trinajstić information content (AvgIpc) is 3.24. The second-order valence-corrected chi connectivity index (χ2v) is 9.68. The molecular weight excluding hydrogens is 344 g/mol. The Morgan fingerprint density at radius 2 is 2.24 bits per heavy atom. The third-order valence-electron chi connectivity index (χ3n) is 5.48. The van der Waals surface area contributed by atoms with Crippen LogP contribution in [0.2, 0.25) is 0 Å². The van der Waals surface area contributed by atoms with E-state index in [1.54, 1.807) is 0 Å². The van der Waals surface area contributed by atoms with Gasteiger partial charge in [0, 0.05) is 36.1 Å². The van der Waals surface area contributed by atoms with Gasteiger partial charge in [-0.05, 0) is 59.7 Å². The Bertz CT molecular complexity index is 485. The standard InChI is InChI=1S/C17H27BrN2S/c1-4-12(2)15-9-19-17(3,13-5-6-13)11-20(15)10-14-7-8-16(18)21-14/h7-8,12-13,15,19H,4-6,9-11H2,1-3H3. The molecule has 0 radical (unpaired) electrons. The van der Waals surface area contributed by atoms with Crippen LogP contribution in [-0.4, -0.2) is 29.6 Å². The summed E-state index contributed by atoms with van der Waals surface area (Å²) >= 11 is 5.48. The lowest BCUT2D eigenvalue weighted by Gasteiger charge is -2.48. The third kappa shape index (κ3) is 3.54. The van der Waals surface area contributed by atoms with Gasteiger partial charge in [-0.25, -0.2) is 0 Å². The van der Waals surface area contributed by atoms with Crippen molar-refractivity contribution in [3.05, 3.63) is 20.8 Å². The molecule has 2 fully saturated rings. The molecule has 2 nitrogen and oxygen atoms in total. The Balaban J connectivity index is 1.75. The molecular formula is C17H27BrN2S. The maximum absolute atomic E-state index is 3.90. The minimum Gasteiger partial charge on any atom is -0.308 e. The topological polar surface area (TPSA) is 15.3 Å². The van der Waals surface area contributed by atoms with Crippen LogP contribution in [-0.2, 0) is 6.54 Å². The van der Waals surface area contributed by atoms with Crippen LogP contribution in [0.1, 0.15) is 44.9 Å². The van der Waals surface area contributed by atoms with Crippen molar-refractivity contribution in [2.45, 2.75) is 58.2 Å². The Morgan fingerprint density at radius 3 is 2.81 bits per heavy atom. The highest BCUT2D eigenvalue weighted by Gasteiger charge is 2.46. The average molecular weight is 371 g/mol. The number of hydrogen-bond acceptors (Lipinski definition) is 3. The van der Waals surface area contributed by atoms with Gasteiger partial charge in [0.05, 0.1) is 3.79 Å². The molecule has 21 heavy (non-hydrogen) atoms. The molecule has 1 aromatic heterocycles. The normalized spacial score (nSPS) is 32.3. The minimum absolute atomic E-state index is 0.332. The maximum atomic E-state index is 3.90. The number of nitrogens with zero attached hydrogens (tertiary/aromatic N) is 1. The van der Waals surface area contributed by atoms with E-state index in [9.17, 15) is 0 Å². The van der Waals surface area contributed by atoms with Gasteiger partial charge >= 0.3 is 0 Å². The van der Waals surface area contributed by atoms with E-state index in [-0.39, 0.29) is 0 Å². The van der Waals surface area contributed by atoms with Crippen molar-refractivity contribution >= 4 is 27.3 Å². The summed E-state index contributed by atoms with van der Waals surface area (Å²) in [5.41, 5.74) is 0.332. The minimum atomic E-state index is 0.332. The quantitative estimate of drug-likeness (QED) is 0.820. The Hall–Kier alpha value is 0.1000. The molecule has 4 heteroatoms. The smallest absolute Gasteiger partial charge is 0.0701 e. The lowest BCUT2D eigenvalue weighted by atomic mass is 9.87. The first-order chi connectivity index (χ1) is 10.0. The van der Waals surface area contributed by atoms with Gasteiger partial charge in [-0.1, -0.05) is 20.3 Å². The van der Waals surface area contributed by atoms with Gasteiger partial charge in [0.2, 0.25) is 0 Å². The number of halogens is 1. The molecule has 1 saturated carbocycles. The van der Waals surface area contributed by atoms with E-state index in [1.807, 2.05) is 11.3 Å². The molecule has 2 heterocycles. The molecule has 1 aliphatic heterocycles. The van der Waals surface area contributed by atoms with E-state index < -0.39 is 0 Å². The van der Waals surface area contributed by atoms with E-state index in [2.05, 4.69) is 59.1 Å². The number of hydrogen-bond donors (Lipinski definition) is 1. The maximum Gasteiger partial charge on any atom is 0.0701 e. The van der Waals surface area contributed by atoms with E-state index >= 15 is 0 Å². The zero-order valence-electron chi connectivity index (χ0n) is 13.4. The van der Waals surface area contributed by atoms with E-state index in [4.69, 9.17) is 0 Å². The second-order valence-electron chi connectivity index (χ2n) is 7.14. The lowest BCUT2D eigenvalue weighted by molar-refractivity contribution is 0.0421. The molecule has 1 saturated heterocycles. The zero-order valence-corrected chi connectivity index (χ0v) is 15.8. The Kier molecular flexibility index (Phi) is 4.80. The second kappa shape index (κ2) is 6.31. The number of rotatable bonds is 5. The number of nitrogens with one attached hydrogen (secondary N) is 1. The van der Waals surface area contributed by atoms with Gasteiger partial charge in [-0.2, -0.15) is 0 Å². The predicted octanol–water partition coefficient (Wildman–Crippen LogP) is 4.50. The summed E-state index contributed by atoms with van der Waals surface area (Å²) in [6, 6.07) is 5.13. The number of piperazine rings is 1. The lowest BCUT2D eigenvalue weighted by Crippen LogP contribution is -2.64. The van der Waals surface area contributed by atoms with Crippen LogP contribution < -0.4 is 5.32 Å². The van der Waals surface area contributed by atoms with Crippen LogP contribution in [0.4, 0.5) is 0 Å². The van der Waals surface area contributed by atoms with Crippen molar-refractivity contribution in [1.82, 2.24) is 10.2 Å². The molecule has 2 aliphatic rings. The van der Waals surface area contributed by atoms with Crippen molar-refractivity contribution in [3.8, 4) is 0 Å². The molecule has 1 aromatic rings. The SMILES string of the molecule is CCC(C)C1CNC(C)(C2CC2)CN1Cc1ccc(Br)s1. The van der Waals surface area contributed by atoms with Crippen LogP contribution in [0.3, 0.4) is 0 Å². The van der Waals surface area contributed by atoms with Crippen LogP contribution in [0.25, 0.3) is 0 Å². The molecule has 0 amide bonds. The molecule has 3 rings (SSSR count). The van der Waals surface area contributed by atoms with Gasteiger partial charge in [-0.3, -0.25) is 4.90 Å². The largest absolute Gasteiger partial charge is 0.308 e. The first-order valence-electron chi connectivity index (χ1n) is 8.25. The fourth-order valence-corrected chi connectivity index (χ4v) is 5.21. The summed E-state index contributed by atoms with van der Waals surface area (Å²) in [4.78, 5) is 4.23. The molecule has 0 aromatic carbocycles. The van der Waals surface area contributed by atoms with Crippen molar-refractivity contribution in [1.29, 1.82) is 0 Å². The predicted molar refractivity (Wildman–Crippen MR) is 94.8 cm³/mol. The highest BCUT2D eigenvalue weighted by atomic mass is 79.9. The van der Waals surface area contributed by atoms with Crippen LogP contribution in [0.5, 0.6) is 0 Å². The van der Waals surface area contributed by atoms with E-state index in [1.165, 1.54) is 34.5 Å². The molecule has 118 valence electrons. The summed E-state index contributed by atoms with van der Waals surface area (Å²) in [7, 11) is 0. The first-order valence-corrected chi connectivity index (χ1v) is 9.86. The first kappa shape index (κ1) is 16.0. The fraction of sp³-hybridized carbons (Fsp3) is 0.765. The summed E-state index contributed by atoms with van der Waals surface area (Å²) in [5, 5.41) is 3.90. The van der Waals surface area contributed by atoms with Crippen LogP contribution in [0, 0.1) is 11.8 Å². The third-order valence-corrected chi connectivity index (χ3v) is 7.09. The van der Waals surface area contributed by atoms with Crippen LogP contribution >= 0.6 is 27.3 Å². The van der Waals surface area contributed by atoms with Gasteiger partial charge in [-0.15, -0.1) is 11.3 Å². The van der Waals surface area contributed by atoms with Gasteiger partial charge < -0.3 is 5.32 Å². The van der Waals surface area contributed by atoms with Crippen molar-refractivity contribution in [2.75, 3.05) is 13.1 Å². The highest BCUT2D eigenvalue weighted by molar-refractivity contribution is 9.11. The summed E-state index contributed by atoms with van der Waals surface area (Å²) in [6.07, 6.45) is 4.09. The van der Waals surface area contributed by atoms with Crippen molar-refractivity contribution < 1.29 is 0 Å². The van der Waals surface area contributed by atoms with E-state index in [0.29, 0.717) is 11.6 Å².